The fraction of sp³-hybridized carbons (Fsp3) is 0.500. The van der Waals surface area contributed by atoms with Gasteiger partial charge in [-0.2, -0.15) is 4.31 Å². The van der Waals surface area contributed by atoms with E-state index in [0.29, 0.717) is 24.4 Å². The van der Waals surface area contributed by atoms with E-state index >= 15 is 0 Å². The number of sulfonamides is 1. The maximum atomic E-state index is 13.6. The normalized spacial score (nSPS) is 21.1. The van der Waals surface area contributed by atoms with Crippen LogP contribution >= 0.6 is 0 Å². The van der Waals surface area contributed by atoms with Crippen molar-refractivity contribution in [2.24, 2.45) is 11.8 Å². The molecule has 7 nitrogen and oxygen atoms in total. The van der Waals surface area contributed by atoms with E-state index in [0.717, 1.165) is 5.69 Å². The summed E-state index contributed by atoms with van der Waals surface area (Å²) in [5.74, 6) is 6.60. The molecule has 0 unspecified atom stereocenters. The molecule has 0 radical (unpaired) electrons. The number of hydrogen-bond donors (Lipinski definition) is 1. The molecule has 2 heterocycles. The molecule has 3 rings (SSSR count). The lowest BCUT2D eigenvalue weighted by Crippen LogP contribution is -2.49. The highest BCUT2D eigenvalue weighted by atomic mass is 32.2. The van der Waals surface area contributed by atoms with Gasteiger partial charge in [0.15, 0.2) is 0 Å². The first-order chi connectivity index (χ1) is 16.1. The number of hydrogen-bond acceptors (Lipinski definition) is 6. The molecule has 184 valence electrons. The van der Waals surface area contributed by atoms with Crippen molar-refractivity contribution in [2.45, 2.75) is 51.3 Å². The highest BCUT2D eigenvalue weighted by Crippen LogP contribution is 2.34. The molecule has 34 heavy (non-hydrogen) atoms. The Bertz CT molecular complexity index is 1130. The summed E-state index contributed by atoms with van der Waals surface area (Å²) in [5.41, 5.74) is 1.66. The molecule has 0 bridgehead atoms. The lowest BCUT2D eigenvalue weighted by Gasteiger charge is -2.37. The largest absolute Gasteiger partial charge is 0.487 e. The van der Waals surface area contributed by atoms with E-state index < -0.39 is 16.1 Å². The van der Waals surface area contributed by atoms with Gasteiger partial charge >= 0.3 is 0 Å². The van der Waals surface area contributed by atoms with Crippen LogP contribution in [0.2, 0.25) is 0 Å². The van der Waals surface area contributed by atoms with E-state index in [4.69, 9.17) is 4.74 Å². The van der Waals surface area contributed by atoms with Gasteiger partial charge in [0.05, 0.1) is 12.3 Å². The molecule has 1 aliphatic heterocycles. The second kappa shape index (κ2) is 11.3. The van der Waals surface area contributed by atoms with Crippen molar-refractivity contribution in [3.8, 4) is 17.6 Å². The number of nitrogens with zero attached hydrogens (tertiary/aromatic N) is 3. The van der Waals surface area contributed by atoms with Crippen LogP contribution in [0.3, 0.4) is 0 Å². The molecular weight excluding hydrogens is 450 g/mol. The summed E-state index contributed by atoms with van der Waals surface area (Å²) < 4.78 is 34.9. The van der Waals surface area contributed by atoms with Gasteiger partial charge in [0, 0.05) is 49.3 Å². The highest BCUT2D eigenvalue weighted by molar-refractivity contribution is 7.89. The summed E-state index contributed by atoms with van der Waals surface area (Å²) >= 11 is 0. The Labute approximate surface area is 203 Å². The van der Waals surface area contributed by atoms with Crippen molar-refractivity contribution in [1.29, 1.82) is 0 Å². The van der Waals surface area contributed by atoms with Crippen molar-refractivity contribution in [3.05, 3.63) is 53.9 Å². The van der Waals surface area contributed by atoms with E-state index in [9.17, 15) is 13.5 Å². The van der Waals surface area contributed by atoms with Crippen LogP contribution in [0.25, 0.3) is 0 Å². The van der Waals surface area contributed by atoms with Crippen LogP contribution in [0.1, 0.15) is 39.0 Å². The van der Waals surface area contributed by atoms with Gasteiger partial charge in [-0.05, 0) is 44.3 Å². The van der Waals surface area contributed by atoms with Gasteiger partial charge in [0.25, 0.3) is 0 Å². The number of rotatable bonds is 6. The zero-order valence-electron chi connectivity index (χ0n) is 20.6. The van der Waals surface area contributed by atoms with Crippen LogP contribution < -0.4 is 4.74 Å². The summed E-state index contributed by atoms with van der Waals surface area (Å²) in [5, 5.41) is 9.79. The van der Waals surface area contributed by atoms with Crippen LogP contribution in [-0.4, -0.2) is 66.6 Å². The molecule has 1 aliphatic rings. The summed E-state index contributed by atoms with van der Waals surface area (Å²) in [6.07, 6.45) is 1.50. The first kappa shape index (κ1) is 26.2. The molecule has 3 atom stereocenters. The van der Waals surface area contributed by atoms with Crippen molar-refractivity contribution in [2.75, 3.05) is 26.7 Å². The Morgan fingerprint density at radius 1 is 1.26 bits per heavy atom. The van der Waals surface area contributed by atoms with Gasteiger partial charge in [-0.25, -0.2) is 8.42 Å². The number of benzene rings is 1. The molecule has 1 aromatic carbocycles. The van der Waals surface area contributed by atoms with Crippen LogP contribution in [0.5, 0.6) is 5.75 Å². The average Bonchev–Trinajstić information content (AvgIpc) is 2.80. The molecule has 0 spiro atoms. The topological polar surface area (TPSA) is 83.0 Å². The van der Waals surface area contributed by atoms with Gasteiger partial charge in [-0.1, -0.05) is 38.7 Å². The average molecular weight is 486 g/mol. The van der Waals surface area contributed by atoms with Crippen LogP contribution in [0.4, 0.5) is 0 Å². The van der Waals surface area contributed by atoms with Crippen LogP contribution in [0, 0.1) is 23.7 Å². The quantitative estimate of drug-likeness (QED) is 0.634. The fourth-order valence-electron chi connectivity index (χ4n) is 3.89. The van der Waals surface area contributed by atoms with E-state index in [1.54, 1.807) is 31.3 Å². The third-order valence-electron chi connectivity index (χ3n) is 5.82. The Morgan fingerprint density at radius 2 is 2.03 bits per heavy atom. The molecule has 1 N–H and O–H groups in total. The molecule has 1 aromatic heterocycles. The first-order valence-corrected chi connectivity index (χ1v) is 13.1. The molecule has 0 fully saturated rings. The minimum Gasteiger partial charge on any atom is -0.487 e. The van der Waals surface area contributed by atoms with Gasteiger partial charge in [0.1, 0.15) is 16.7 Å². The number of fused-ring (bicyclic) bond motifs is 1. The molecule has 2 aromatic rings. The molecule has 0 saturated heterocycles. The van der Waals surface area contributed by atoms with Crippen molar-refractivity contribution < 1.29 is 18.3 Å². The van der Waals surface area contributed by atoms with E-state index in [1.165, 1.54) is 4.31 Å². The van der Waals surface area contributed by atoms with Crippen molar-refractivity contribution in [1.82, 2.24) is 14.2 Å². The number of aromatic nitrogens is 1. The van der Waals surface area contributed by atoms with Gasteiger partial charge in [-0.3, -0.25) is 9.88 Å². The Kier molecular flexibility index (Phi) is 8.72. The second-order valence-electron chi connectivity index (χ2n) is 9.34. The summed E-state index contributed by atoms with van der Waals surface area (Å²) in [6.45, 7) is 8.94. The van der Waals surface area contributed by atoms with E-state index in [-0.39, 0.29) is 36.0 Å². The van der Waals surface area contributed by atoms with Gasteiger partial charge < -0.3 is 9.84 Å². The maximum absolute atomic E-state index is 13.6. The first-order valence-electron chi connectivity index (χ1n) is 11.6. The Hall–Kier alpha value is -2.44. The SMILES string of the molecule is CC(C)C#Cc1ccc2c(c1)O[C@H](CN(C)Cc1ccccn1)[C@@H](C)CN([C@@H](C)CO)S2(=O)=O. The smallest absolute Gasteiger partial charge is 0.247 e. The third-order valence-corrected chi connectivity index (χ3v) is 7.84. The summed E-state index contributed by atoms with van der Waals surface area (Å²) in [4.78, 5) is 6.63. The van der Waals surface area contributed by atoms with Crippen molar-refractivity contribution >= 4 is 10.0 Å². The predicted octanol–water partition coefficient (Wildman–Crippen LogP) is 2.99. The molecule has 8 heteroatoms. The predicted molar refractivity (Wildman–Crippen MR) is 133 cm³/mol. The van der Waals surface area contributed by atoms with Gasteiger partial charge in [-0.15, -0.1) is 0 Å². The number of likely N-dealkylation sites (N-methyl/N-ethyl adjacent to an activating group) is 1. The minimum absolute atomic E-state index is 0.104. The second-order valence-corrected chi connectivity index (χ2v) is 11.2. The zero-order valence-corrected chi connectivity index (χ0v) is 21.4. The molecule has 0 amide bonds. The van der Waals surface area contributed by atoms with Crippen molar-refractivity contribution in [3.63, 3.8) is 0 Å². The summed E-state index contributed by atoms with van der Waals surface area (Å²) in [6, 6.07) is 10.3. The summed E-state index contributed by atoms with van der Waals surface area (Å²) in [7, 11) is -1.86. The Morgan fingerprint density at radius 3 is 2.68 bits per heavy atom. The zero-order chi connectivity index (χ0) is 24.9. The minimum atomic E-state index is -3.86. The number of ether oxygens (including phenoxy) is 1. The number of aliphatic hydroxyl groups excluding tert-OH is 1. The lowest BCUT2D eigenvalue weighted by molar-refractivity contribution is 0.0730. The van der Waals surface area contributed by atoms with Gasteiger partial charge in [0.2, 0.25) is 10.0 Å². The van der Waals surface area contributed by atoms with E-state index in [2.05, 4.69) is 21.7 Å². The standard InChI is InChI=1S/C26H35N3O4S/c1-19(2)9-10-22-11-12-26-24(14-22)33-25(17-28(5)16-23-8-6-7-13-27-23)20(3)15-29(21(4)18-30)34(26,31)32/h6-8,11-14,19-21,25,30H,15-18H2,1-5H3/t20-,21-,25+/m0/s1. The monoisotopic (exact) mass is 485 g/mol. The Balaban J connectivity index is 1.99. The van der Waals surface area contributed by atoms with Crippen LogP contribution in [-0.2, 0) is 16.6 Å². The number of pyridine rings is 1. The molecule has 0 saturated carbocycles. The molecular formula is C26H35N3O4S. The lowest BCUT2D eigenvalue weighted by atomic mass is 10.0. The van der Waals surface area contributed by atoms with E-state index in [1.807, 2.05) is 46.0 Å². The highest BCUT2D eigenvalue weighted by Gasteiger charge is 2.38. The number of aliphatic hydroxyl groups is 1. The van der Waals surface area contributed by atoms with Crippen LogP contribution in [0.15, 0.2) is 47.5 Å². The third kappa shape index (κ3) is 6.36. The fourth-order valence-corrected chi connectivity index (χ4v) is 5.71. The maximum Gasteiger partial charge on any atom is 0.247 e. The molecule has 0 aliphatic carbocycles.